The summed E-state index contributed by atoms with van der Waals surface area (Å²) >= 11 is 0. The van der Waals surface area contributed by atoms with Crippen molar-refractivity contribution in [3.8, 4) is 5.75 Å². The molecule has 0 radical (unpaired) electrons. The van der Waals surface area contributed by atoms with Crippen LogP contribution in [0.15, 0.2) is 30.4 Å². The van der Waals surface area contributed by atoms with Gasteiger partial charge in [0.15, 0.2) is 0 Å². The van der Waals surface area contributed by atoms with Gasteiger partial charge in [-0.1, -0.05) is 24.3 Å². The molecular weight excluding hydrogens is 216 g/mol. The fourth-order valence-electron chi connectivity index (χ4n) is 2.21. The topological polar surface area (TPSA) is 46.5 Å². The number of carbonyl (C=O) groups excluding carboxylic acids is 1. The largest absolute Gasteiger partial charge is 0.507 e. The first-order valence-electron chi connectivity index (χ1n) is 5.81. The zero-order valence-corrected chi connectivity index (χ0v) is 9.85. The van der Waals surface area contributed by atoms with Crippen molar-refractivity contribution in [2.24, 2.45) is 0 Å². The molecule has 1 N–H and O–H groups in total. The van der Waals surface area contributed by atoms with Crippen molar-refractivity contribution in [2.75, 3.05) is 7.11 Å². The SMILES string of the molecule is COC(=O)c1cccc(C2C=CCCC2)c1O. The van der Waals surface area contributed by atoms with E-state index in [1.54, 1.807) is 12.1 Å². The average molecular weight is 232 g/mol. The number of benzene rings is 1. The molecule has 0 aliphatic heterocycles. The summed E-state index contributed by atoms with van der Waals surface area (Å²) in [5.41, 5.74) is 1.05. The van der Waals surface area contributed by atoms with E-state index in [1.807, 2.05) is 6.07 Å². The highest BCUT2D eigenvalue weighted by atomic mass is 16.5. The number of hydrogen-bond donors (Lipinski definition) is 1. The van der Waals surface area contributed by atoms with E-state index in [2.05, 4.69) is 16.9 Å². The Morgan fingerprint density at radius 1 is 1.47 bits per heavy atom. The van der Waals surface area contributed by atoms with Crippen LogP contribution in [0, 0.1) is 0 Å². The quantitative estimate of drug-likeness (QED) is 0.629. The number of phenols is 1. The molecule has 1 aromatic carbocycles. The molecule has 3 nitrogen and oxygen atoms in total. The molecule has 0 bridgehead atoms. The average Bonchev–Trinajstić information content (AvgIpc) is 2.39. The summed E-state index contributed by atoms with van der Waals surface area (Å²) in [6.07, 6.45) is 7.43. The molecule has 2 rings (SSSR count). The lowest BCUT2D eigenvalue weighted by Gasteiger charge is -2.18. The Balaban J connectivity index is 2.38. The summed E-state index contributed by atoms with van der Waals surface area (Å²) in [5.74, 6) is -0.242. The van der Waals surface area contributed by atoms with Gasteiger partial charge >= 0.3 is 5.97 Å². The molecule has 0 aromatic heterocycles. The van der Waals surface area contributed by atoms with E-state index in [-0.39, 0.29) is 17.2 Å². The molecule has 17 heavy (non-hydrogen) atoms. The number of esters is 1. The third-order valence-electron chi connectivity index (χ3n) is 3.13. The van der Waals surface area contributed by atoms with Gasteiger partial charge in [-0.15, -0.1) is 0 Å². The van der Waals surface area contributed by atoms with Crippen LogP contribution in [0.25, 0.3) is 0 Å². The van der Waals surface area contributed by atoms with Gasteiger partial charge in [-0.25, -0.2) is 4.79 Å². The smallest absolute Gasteiger partial charge is 0.341 e. The molecule has 1 unspecified atom stereocenters. The van der Waals surface area contributed by atoms with Crippen molar-refractivity contribution in [3.63, 3.8) is 0 Å². The van der Waals surface area contributed by atoms with Crippen LogP contribution in [0.2, 0.25) is 0 Å². The third kappa shape index (κ3) is 2.33. The molecule has 1 aliphatic rings. The number of hydrogen-bond acceptors (Lipinski definition) is 3. The predicted octanol–water partition coefficient (Wildman–Crippen LogP) is 3.00. The van der Waals surface area contributed by atoms with Crippen LogP contribution in [-0.4, -0.2) is 18.2 Å². The summed E-state index contributed by atoms with van der Waals surface area (Å²) < 4.78 is 4.64. The number of carbonyl (C=O) groups is 1. The van der Waals surface area contributed by atoms with Gasteiger partial charge in [0.25, 0.3) is 0 Å². The summed E-state index contributed by atoms with van der Waals surface area (Å²) in [6, 6.07) is 5.23. The maximum atomic E-state index is 11.5. The zero-order valence-electron chi connectivity index (χ0n) is 9.85. The van der Waals surface area contributed by atoms with E-state index >= 15 is 0 Å². The molecule has 0 spiro atoms. The first kappa shape index (κ1) is 11.7. The number of phenolic OH excluding ortho intramolecular Hbond substituents is 1. The highest BCUT2D eigenvalue weighted by Crippen LogP contribution is 2.35. The van der Waals surface area contributed by atoms with E-state index in [4.69, 9.17) is 0 Å². The first-order valence-corrected chi connectivity index (χ1v) is 5.81. The van der Waals surface area contributed by atoms with Gasteiger partial charge in [0, 0.05) is 11.5 Å². The van der Waals surface area contributed by atoms with E-state index in [1.165, 1.54) is 7.11 Å². The van der Waals surface area contributed by atoms with Crippen molar-refractivity contribution < 1.29 is 14.6 Å². The number of allylic oxidation sites excluding steroid dienone is 2. The number of aromatic hydroxyl groups is 1. The molecule has 0 saturated heterocycles. The Labute approximate surface area is 101 Å². The Hall–Kier alpha value is -1.77. The summed E-state index contributed by atoms with van der Waals surface area (Å²) in [7, 11) is 1.31. The molecule has 3 heteroatoms. The number of rotatable bonds is 2. The number of methoxy groups -OCH3 is 1. The van der Waals surface area contributed by atoms with Gasteiger partial charge in [-0.05, 0) is 25.3 Å². The number of para-hydroxylation sites is 1. The van der Waals surface area contributed by atoms with Gasteiger partial charge in [-0.2, -0.15) is 0 Å². The Bertz CT molecular complexity index is 449. The van der Waals surface area contributed by atoms with E-state index in [0.717, 1.165) is 24.8 Å². The van der Waals surface area contributed by atoms with Crippen molar-refractivity contribution >= 4 is 5.97 Å². The minimum absolute atomic E-state index is 0.0518. The normalized spacial score (nSPS) is 19.0. The van der Waals surface area contributed by atoms with E-state index in [0.29, 0.717) is 0 Å². The highest BCUT2D eigenvalue weighted by molar-refractivity contribution is 5.92. The van der Waals surface area contributed by atoms with Crippen LogP contribution in [0.1, 0.15) is 41.1 Å². The summed E-state index contributed by atoms with van der Waals surface area (Å²) in [4.78, 5) is 11.5. The van der Waals surface area contributed by atoms with Crippen molar-refractivity contribution in [1.29, 1.82) is 0 Å². The zero-order chi connectivity index (χ0) is 12.3. The minimum Gasteiger partial charge on any atom is -0.507 e. The second-order valence-corrected chi connectivity index (χ2v) is 4.20. The van der Waals surface area contributed by atoms with Crippen molar-refractivity contribution in [3.05, 3.63) is 41.5 Å². The lowest BCUT2D eigenvalue weighted by Crippen LogP contribution is -2.05. The Morgan fingerprint density at radius 3 is 2.94 bits per heavy atom. The molecule has 0 saturated carbocycles. The summed E-state index contributed by atoms with van der Waals surface area (Å²) in [6.45, 7) is 0. The molecule has 1 aromatic rings. The maximum Gasteiger partial charge on any atom is 0.341 e. The van der Waals surface area contributed by atoms with Crippen molar-refractivity contribution in [1.82, 2.24) is 0 Å². The predicted molar refractivity (Wildman–Crippen MR) is 65.2 cm³/mol. The maximum absolute atomic E-state index is 11.5. The minimum atomic E-state index is -0.496. The fourth-order valence-corrected chi connectivity index (χ4v) is 2.21. The van der Waals surface area contributed by atoms with Crippen LogP contribution in [0.4, 0.5) is 0 Å². The molecular formula is C14H16O3. The molecule has 1 aliphatic carbocycles. The third-order valence-corrected chi connectivity index (χ3v) is 3.13. The Morgan fingerprint density at radius 2 is 2.29 bits per heavy atom. The fraction of sp³-hybridized carbons (Fsp3) is 0.357. The van der Waals surface area contributed by atoms with Crippen LogP contribution in [0.3, 0.4) is 0 Å². The van der Waals surface area contributed by atoms with Crippen LogP contribution >= 0.6 is 0 Å². The Kier molecular flexibility index (Phi) is 3.47. The monoisotopic (exact) mass is 232 g/mol. The second kappa shape index (κ2) is 5.04. The van der Waals surface area contributed by atoms with Gasteiger partial charge < -0.3 is 9.84 Å². The van der Waals surface area contributed by atoms with Crippen LogP contribution in [0.5, 0.6) is 5.75 Å². The van der Waals surface area contributed by atoms with Gasteiger partial charge in [0.2, 0.25) is 0 Å². The van der Waals surface area contributed by atoms with Crippen LogP contribution in [-0.2, 0) is 4.74 Å². The molecule has 90 valence electrons. The lowest BCUT2D eigenvalue weighted by atomic mass is 9.88. The van der Waals surface area contributed by atoms with Crippen molar-refractivity contribution in [2.45, 2.75) is 25.2 Å². The molecule has 0 amide bonds. The summed E-state index contributed by atoms with van der Waals surface area (Å²) in [5, 5.41) is 10.1. The van der Waals surface area contributed by atoms with E-state index < -0.39 is 5.97 Å². The molecule has 1 atom stereocenters. The highest BCUT2D eigenvalue weighted by Gasteiger charge is 2.19. The lowest BCUT2D eigenvalue weighted by molar-refractivity contribution is 0.0597. The van der Waals surface area contributed by atoms with Gasteiger partial charge in [0.05, 0.1) is 7.11 Å². The van der Waals surface area contributed by atoms with Crippen LogP contribution < -0.4 is 0 Å². The van der Waals surface area contributed by atoms with Gasteiger partial charge in [0.1, 0.15) is 11.3 Å². The second-order valence-electron chi connectivity index (χ2n) is 4.20. The molecule has 0 heterocycles. The first-order chi connectivity index (χ1) is 8.24. The standard InChI is InChI=1S/C14H16O3/c1-17-14(16)12-9-5-8-11(13(12)15)10-6-3-2-4-7-10/h3,5-6,8-10,15H,2,4,7H2,1H3. The molecule has 0 fully saturated rings. The van der Waals surface area contributed by atoms with E-state index in [9.17, 15) is 9.90 Å². The van der Waals surface area contributed by atoms with Gasteiger partial charge in [-0.3, -0.25) is 0 Å². The number of ether oxygens (including phenoxy) is 1.